The maximum Gasteiger partial charge on any atom is 0.245 e. The first-order valence-electron chi connectivity index (χ1n) is 4.97. The quantitative estimate of drug-likeness (QED) is 0.715. The lowest BCUT2D eigenvalue weighted by molar-refractivity contribution is -0.168. The molecule has 4 nitrogen and oxygen atoms in total. The van der Waals surface area contributed by atoms with Gasteiger partial charge in [0.2, 0.25) is 5.91 Å². The molecule has 0 rings (SSSR count). The first-order chi connectivity index (χ1) is 6.72. The van der Waals surface area contributed by atoms with Crippen LogP contribution >= 0.6 is 0 Å². The summed E-state index contributed by atoms with van der Waals surface area (Å²) in [7, 11) is 4.11. The van der Waals surface area contributed by atoms with Crippen LogP contribution in [0.15, 0.2) is 0 Å². The number of aliphatic hydroxyl groups excluding tert-OH is 1. The smallest absolute Gasteiger partial charge is 0.245 e. The summed E-state index contributed by atoms with van der Waals surface area (Å²) < 4.78 is 0. The Balaban J connectivity index is -0.000000266. The molecule has 0 fully saturated rings. The van der Waals surface area contributed by atoms with Crippen LogP contribution < -0.4 is 0 Å². The van der Waals surface area contributed by atoms with Crippen molar-refractivity contribution in [1.82, 2.24) is 5.06 Å². The maximum absolute atomic E-state index is 10.9. The third-order valence-electron chi connectivity index (χ3n) is 1.37. The lowest BCUT2D eigenvalue weighted by Crippen LogP contribution is -2.24. The Labute approximate surface area is 87.8 Å². The highest BCUT2D eigenvalue weighted by Gasteiger charge is 2.04. The number of carbonyl (C=O) groups excluding carboxylic acids is 1. The molecule has 14 heavy (non-hydrogen) atoms. The van der Waals surface area contributed by atoms with E-state index in [4.69, 9.17) is 9.94 Å². The van der Waals surface area contributed by atoms with Gasteiger partial charge in [-0.05, 0) is 6.42 Å². The number of carbonyl (C=O) groups is 1. The van der Waals surface area contributed by atoms with Gasteiger partial charge in [0.15, 0.2) is 0 Å². The highest BCUT2D eigenvalue weighted by atomic mass is 16.7. The minimum absolute atomic E-state index is 0.0457. The van der Waals surface area contributed by atoms with Crippen molar-refractivity contribution >= 4 is 5.91 Å². The molecule has 0 radical (unpaired) electrons. The molecule has 0 bridgehead atoms. The van der Waals surface area contributed by atoms with Gasteiger partial charge in [0.25, 0.3) is 0 Å². The van der Waals surface area contributed by atoms with Crippen LogP contribution in [0.1, 0.15) is 40.0 Å². The molecule has 0 aromatic carbocycles. The summed E-state index contributed by atoms with van der Waals surface area (Å²) in [6.45, 7) is 6.06. The summed E-state index contributed by atoms with van der Waals surface area (Å²) in [5.74, 6) is 0.0457. The Morgan fingerprint density at radius 3 is 2.07 bits per heavy atom. The summed E-state index contributed by atoms with van der Waals surface area (Å²) in [6, 6.07) is 0. The van der Waals surface area contributed by atoms with Crippen molar-refractivity contribution in [2.45, 2.75) is 40.0 Å². The number of nitrogens with zero attached hydrogens (tertiary/aromatic N) is 1. The van der Waals surface area contributed by atoms with Crippen molar-refractivity contribution in [2.24, 2.45) is 0 Å². The first-order valence-corrected chi connectivity index (χ1v) is 4.97. The summed E-state index contributed by atoms with van der Waals surface area (Å²) >= 11 is 0. The second-order valence-electron chi connectivity index (χ2n) is 2.18. The molecule has 0 aliphatic rings. The van der Waals surface area contributed by atoms with Crippen LogP contribution in [0.3, 0.4) is 0 Å². The topological polar surface area (TPSA) is 49.8 Å². The normalized spacial score (nSPS) is 7.64. The minimum Gasteiger partial charge on any atom is -0.400 e. The summed E-state index contributed by atoms with van der Waals surface area (Å²) in [5, 5.41) is 8.26. The van der Waals surface area contributed by atoms with Crippen molar-refractivity contribution in [3.63, 3.8) is 0 Å². The largest absolute Gasteiger partial charge is 0.400 e. The van der Waals surface area contributed by atoms with Crippen LogP contribution in [0.4, 0.5) is 0 Å². The van der Waals surface area contributed by atoms with E-state index < -0.39 is 0 Å². The molecule has 0 atom stereocenters. The van der Waals surface area contributed by atoms with Crippen LogP contribution in [0.25, 0.3) is 0 Å². The zero-order valence-electron chi connectivity index (χ0n) is 10.3. The van der Waals surface area contributed by atoms with E-state index in [0.29, 0.717) is 6.42 Å². The van der Waals surface area contributed by atoms with Gasteiger partial charge in [-0.15, -0.1) is 0 Å². The standard InChI is InChI=1S/C7H15NO2.C2H6.CH4O/c1-4-5-6-7(9)8(2)10-3;2*1-2/h4-6H2,1-3H3;1-2H3;2H,1H3. The zero-order chi connectivity index (χ0) is 12.0. The first kappa shape index (κ1) is 19.0. The number of unbranched alkanes of at least 4 members (excludes halogenated alkanes) is 1. The third kappa shape index (κ3) is 13.9. The molecule has 4 heteroatoms. The molecule has 0 aromatic rings. The van der Waals surface area contributed by atoms with E-state index in [1.54, 1.807) is 7.05 Å². The fourth-order valence-corrected chi connectivity index (χ4v) is 0.587. The van der Waals surface area contributed by atoms with E-state index in [1.807, 2.05) is 13.8 Å². The lowest BCUT2D eigenvalue weighted by atomic mass is 10.2. The highest BCUT2D eigenvalue weighted by molar-refractivity contribution is 5.74. The van der Waals surface area contributed by atoms with Crippen LogP contribution in [0.2, 0.25) is 0 Å². The van der Waals surface area contributed by atoms with Gasteiger partial charge < -0.3 is 5.11 Å². The van der Waals surface area contributed by atoms with Gasteiger partial charge in [-0.25, -0.2) is 5.06 Å². The van der Waals surface area contributed by atoms with E-state index in [0.717, 1.165) is 20.0 Å². The molecular formula is C10H25NO3. The summed E-state index contributed by atoms with van der Waals surface area (Å²) in [4.78, 5) is 15.6. The fourth-order valence-electron chi connectivity index (χ4n) is 0.587. The van der Waals surface area contributed by atoms with Crippen LogP contribution in [0, 0.1) is 0 Å². The Bertz CT molecular complexity index is 108. The predicted molar refractivity (Wildman–Crippen MR) is 58.8 cm³/mol. The van der Waals surface area contributed by atoms with Crippen molar-refractivity contribution in [1.29, 1.82) is 0 Å². The van der Waals surface area contributed by atoms with Gasteiger partial charge in [-0.3, -0.25) is 9.63 Å². The number of hydrogen-bond donors (Lipinski definition) is 1. The van der Waals surface area contributed by atoms with Crippen LogP contribution in [-0.2, 0) is 9.63 Å². The molecule has 1 amide bonds. The van der Waals surface area contributed by atoms with Gasteiger partial charge in [0, 0.05) is 20.6 Å². The molecule has 0 unspecified atom stereocenters. The Kier molecular flexibility index (Phi) is 24.8. The second kappa shape index (κ2) is 18.2. The molecule has 0 aliphatic carbocycles. The molecule has 0 saturated carbocycles. The SMILES string of the molecule is CC.CCCCC(=O)N(C)OC.CO. The van der Waals surface area contributed by atoms with Gasteiger partial charge in [0.1, 0.15) is 0 Å². The van der Waals surface area contributed by atoms with E-state index in [1.165, 1.54) is 12.2 Å². The van der Waals surface area contributed by atoms with E-state index in [2.05, 4.69) is 6.92 Å². The van der Waals surface area contributed by atoms with E-state index >= 15 is 0 Å². The molecule has 0 saturated heterocycles. The molecule has 88 valence electrons. The average molecular weight is 207 g/mol. The van der Waals surface area contributed by atoms with Crippen molar-refractivity contribution < 1.29 is 14.7 Å². The van der Waals surface area contributed by atoms with Crippen molar-refractivity contribution in [3.05, 3.63) is 0 Å². The Morgan fingerprint density at radius 2 is 1.79 bits per heavy atom. The van der Waals surface area contributed by atoms with Crippen molar-refractivity contribution in [3.8, 4) is 0 Å². The molecule has 0 aromatic heterocycles. The predicted octanol–water partition coefficient (Wildman–Crippen LogP) is 1.83. The Morgan fingerprint density at radius 1 is 1.36 bits per heavy atom. The van der Waals surface area contributed by atoms with Crippen LogP contribution in [-0.4, -0.2) is 37.3 Å². The molecule has 0 heterocycles. The number of hydroxylamine groups is 2. The maximum atomic E-state index is 10.9. The van der Waals surface area contributed by atoms with Gasteiger partial charge in [-0.1, -0.05) is 27.2 Å². The third-order valence-corrected chi connectivity index (χ3v) is 1.37. The van der Waals surface area contributed by atoms with Gasteiger partial charge in [-0.2, -0.15) is 0 Å². The molecule has 1 N–H and O–H groups in total. The molecule has 0 aliphatic heterocycles. The lowest BCUT2D eigenvalue weighted by Gasteiger charge is -2.12. The minimum atomic E-state index is 0.0457. The second-order valence-corrected chi connectivity index (χ2v) is 2.18. The molecular weight excluding hydrogens is 182 g/mol. The zero-order valence-corrected chi connectivity index (χ0v) is 10.3. The fraction of sp³-hybridized carbons (Fsp3) is 0.900. The summed E-state index contributed by atoms with van der Waals surface area (Å²) in [6.07, 6.45) is 2.57. The Hall–Kier alpha value is -0.610. The molecule has 0 spiro atoms. The van der Waals surface area contributed by atoms with Gasteiger partial charge in [0.05, 0.1) is 7.11 Å². The average Bonchev–Trinajstić information content (AvgIpc) is 2.30. The summed E-state index contributed by atoms with van der Waals surface area (Å²) in [5.41, 5.74) is 0. The van der Waals surface area contributed by atoms with E-state index in [9.17, 15) is 4.79 Å². The monoisotopic (exact) mass is 207 g/mol. The number of hydrogen-bond acceptors (Lipinski definition) is 3. The van der Waals surface area contributed by atoms with Crippen molar-refractivity contribution in [2.75, 3.05) is 21.3 Å². The van der Waals surface area contributed by atoms with Gasteiger partial charge >= 0.3 is 0 Å². The highest BCUT2D eigenvalue weighted by Crippen LogP contribution is 1.97. The van der Waals surface area contributed by atoms with E-state index in [-0.39, 0.29) is 5.91 Å². The number of aliphatic hydroxyl groups is 1. The number of amides is 1. The number of rotatable bonds is 4. The van der Waals surface area contributed by atoms with Crippen LogP contribution in [0.5, 0.6) is 0 Å².